The van der Waals surface area contributed by atoms with E-state index >= 15 is 0 Å². The second-order valence-corrected chi connectivity index (χ2v) is 6.82. The number of nitrogens with one attached hydrogen (secondary N) is 2. The van der Waals surface area contributed by atoms with Crippen LogP contribution >= 0.6 is 0 Å². The third-order valence-corrected chi connectivity index (χ3v) is 4.89. The Morgan fingerprint density at radius 2 is 1.03 bits per heavy atom. The van der Waals surface area contributed by atoms with Gasteiger partial charge in [-0.25, -0.2) is 19.6 Å². The second-order valence-electron chi connectivity index (χ2n) is 6.82. The van der Waals surface area contributed by atoms with Crippen LogP contribution in [0.25, 0.3) is 44.8 Å². The van der Waals surface area contributed by atoms with Crippen molar-refractivity contribution in [1.29, 1.82) is 0 Å². The van der Waals surface area contributed by atoms with Crippen molar-refractivity contribution in [1.82, 2.24) is 19.9 Å². The third kappa shape index (κ3) is 2.96. The van der Waals surface area contributed by atoms with Crippen molar-refractivity contribution in [3.05, 3.63) is 71.8 Å². The minimum absolute atomic E-state index is 0.187. The van der Waals surface area contributed by atoms with Gasteiger partial charge in [-0.2, -0.15) is 0 Å². The highest BCUT2D eigenvalue weighted by atomic mass is 16.4. The summed E-state index contributed by atoms with van der Waals surface area (Å²) >= 11 is 0. The maximum atomic E-state index is 11.1. The number of aromatic amines is 2. The molecule has 0 spiro atoms. The first-order valence-corrected chi connectivity index (χ1v) is 9.05. The van der Waals surface area contributed by atoms with Crippen molar-refractivity contribution >= 4 is 34.0 Å². The standard InChI is InChI=1S/C22H14N4O4/c27-21(28)13-5-7-15-17(9-13)25-19(23-15)11-1-2-12(4-3-11)20-24-16-8-6-14(22(29)30)10-18(16)26-20/h1-10H,(H,23,25)(H,24,26)(H,27,28)(H,29,30). The van der Waals surface area contributed by atoms with Crippen LogP contribution in [0, 0.1) is 0 Å². The summed E-state index contributed by atoms with van der Waals surface area (Å²) in [4.78, 5) is 37.6. The molecule has 5 rings (SSSR count). The highest BCUT2D eigenvalue weighted by Gasteiger charge is 2.11. The molecule has 30 heavy (non-hydrogen) atoms. The van der Waals surface area contributed by atoms with Crippen molar-refractivity contribution in [2.75, 3.05) is 0 Å². The van der Waals surface area contributed by atoms with Gasteiger partial charge in [0.15, 0.2) is 0 Å². The normalized spacial score (nSPS) is 11.2. The van der Waals surface area contributed by atoms with Crippen molar-refractivity contribution in [2.24, 2.45) is 0 Å². The number of aromatic carboxylic acids is 2. The Hall–Kier alpha value is -4.46. The van der Waals surface area contributed by atoms with E-state index < -0.39 is 11.9 Å². The van der Waals surface area contributed by atoms with Gasteiger partial charge in [0.1, 0.15) is 11.6 Å². The van der Waals surface area contributed by atoms with E-state index in [2.05, 4.69) is 19.9 Å². The molecule has 2 heterocycles. The summed E-state index contributed by atoms with van der Waals surface area (Å²) in [6.45, 7) is 0. The van der Waals surface area contributed by atoms with Crippen molar-refractivity contribution < 1.29 is 19.8 Å². The molecule has 0 saturated carbocycles. The second kappa shape index (κ2) is 6.56. The quantitative estimate of drug-likeness (QED) is 0.359. The Labute approximate surface area is 168 Å². The number of H-pyrrole nitrogens is 2. The Bertz CT molecular complexity index is 1340. The fraction of sp³-hybridized carbons (Fsp3) is 0. The first-order chi connectivity index (χ1) is 14.5. The summed E-state index contributed by atoms with van der Waals surface area (Å²) in [6, 6.07) is 17.1. The molecule has 0 fully saturated rings. The first kappa shape index (κ1) is 17.6. The summed E-state index contributed by atoms with van der Waals surface area (Å²) in [5.74, 6) is -0.719. The largest absolute Gasteiger partial charge is 0.478 e. The number of fused-ring (bicyclic) bond motifs is 2. The molecule has 2 aromatic heterocycles. The topological polar surface area (TPSA) is 132 Å². The zero-order chi connectivity index (χ0) is 20.8. The molecule has 0 aliphatic heterocycles. The lowest BCUT2D eigenvalue weighted by Gasteiger charge is -1.99. The lowest BCUT2D eigenvalue weighted by Crippen LogP contribution is -1.94. The van der Waals surface area contributed by atoms with Crippen LogP contribution in [-0.2, 0) is 0 Å². The van der Waals surface area contributed by atoms with Crippen LogP contribution in [-0.4, -0.2) is 42.1 Å². The fourth-order valence-corrected chi connectivity index (χ4v) is 3.34. The van der Waals surface area contributed by atoms with Gasteiger partial charge in [0.05, 0.1) is 33.2 Å². The highest BCUT2D eigenvalue weighted by Crippen LogP contribution is 2.26. The van der Waals surface area contributed by atoms with Gasteiger partial charge >= 0.3 is 11.9 Å². The van der Waals surface area contributed by atoms with E-state index in [0.717, 1.165) is 22.2 Å². The Balaban J connectivity index is 1.48. The third-order valence-electron chi connectivity index (χ3n) is 4.89. The summed E-state index contributed by atoms with van der Waals surface area (Å²) < 4.78 is 0. The molecule has 146 valence electrons. The van der Waals surface area contributed by atoms with Gasteiger partial charge in [0.2, 0.25) is 0 Å². The molecule has 0 bridgehead atoms. The number of carboxylic acids is 2. The van der Waals surface area contributed by atoms with Crippen molar-refractivity contribution in [3.63, 3.8) is 0 Å². The van der Waals surface area contributed by atoms with Gasteiger partial charge < -0.3 is 20.2 Å². The number of carboxylic acid groups (broad SMARTS) is 2. The average Bonchev–Trinajstić information content (AvgIpc) is 3.36. The molecule has 0 amide bonds. The van der Waals surface area contributed by atoms with Gasteiger partial charge in [-0.15, -0.1) is 0 Å². The van der Waals surface area contributed by atoms with Gasteiger partial charge in [-0.1, -0.05) is 24.3 Å². The summed E-state index contributed by atoms with van der Waals surface area (Å²) in [7, 11) is 0. The monoisotopic (exact) mass is 398 g/mol. The zero-order valence-corrected chi connectivity index (χ0v) is 15.4. The Kier molecular flexibility index (Phi) is 3.85. The molecule has 0 aliphatic rings. The number of hydrogen-bond donors (Lipinski definition) is 4. The Morgan fingerprint density at radius 1 is 0.633 bits per heavy atom. The molecule has 0 saturated heterocycles. The number of imidazole rings is 2. The van der Waals surface area contributed by atoms with Gasteiger partial charge in [0, 0.05) is 11.1 Å². The molecule has 5 aromatic rings. The van der Waals surface area contributed by atoms with E-state index in [1.54, 1.807) is 12.1 Å². The van der Waals surface area contributed by atoms with Crippen LogP contribution in [0.3, 0.4) is 0 Å². The number of hydrogen-bond acceptors (Lipinski definition) is 4. The van der Waals surface area contributed by atoms with E-state index in [1.807, 2.05) is 24.3 Å². The van der Waals surface area contributed by atoms with E-state index in [-0.39, 0.29) is 11.1 Å². The molecule has 3 aromatic carbocycles. The van der Waals surface area contributed by atoms with Crippen molar-refractivity contribution in [2.45, 2.75) is 0 Å². The minimum Gasteiger partial charge on any atom is -0.478 e. The van der Waals surface area contributed by atoms with E-state index in [9.17, 15) is 9.59 Å². The molecule has 8 nitrogen and oxygen atoms in total. The lowest BCUT2D eigenvalue weighted by atomic mass is 10.1. The molecule has 0 radical (unpaired) electrons. The van der Waals surface area contributed by atoms with Crippen LogP contribution in [0.5, 0.6) is 0 Å². The van der Waals surface area contributed by atoms with Crippen molar-refractivity contribution in [3.8, 4) is 22.8 Å². The fourth-order valence-electron chi connectivity index (χ4n) is 3.34. The minimum atomic E-state index is -0.993. The van der Waals surface area contributed by atoms with Crippen LogP contribution in [0.2, 0.25) is 0 Å². The van der Waals surface area contributed by atoms with Crippen LogP contribution in [0.1, 0.15) is 20.7 Å². The SMILES string of the molecule is O=C(O)c1ccc2[nH]c(-c3ccc(-c4nc5cc(C(=O)O)ccc5[nH]4)cc3)nc2c1. The van der Waals surface area contributed by atoms with Gasteiger partial charge in [-0.05, 0) is 36.4 Å². The Morgan fingerprint density at radius 3 is 1.40 bits per heavy atom. The molecular weight excluding hydrogens is 384 g/mol. The molecular formula is C22H14N4O4. The highest BCUT2D eigenvalue weighted by molar-refractivity contribution is 5.94. The number of nitrogens with zero attached hydrogens (tertiary/aromatic N) is 2. The number of carbonyl (C=O) groups is 2. The number of aromatic nitrogens is 4. The summed E-state index contributed by atoms with van der Waals surface area (Å²) in [5, 5.41) is 18.3. The van der Waals surface area contributed by atoms with E-state index in [4.69, 9.17) is 10.2 Å². The van der Waals surface area contributed by atoms with E-state index in [0.29, 0.717) is 22.7 Å². The lowest BCUT2D eigenvalue weighted by molar-refractivity contribution is 0.0686. The predicted molar refractivity (Wildman–Crippen MR) is 111 cm³/mol. The predicted octanol–water partition coefficient (Wildman–Crippen LogP) is 4.17. The molecule has 0 atom stereocenters. The maximum Gasteiger partial charge on any atom is 0.335 e. The van der Waals surface area contributed by atoms with Crippen LogP contribution in [0.4, 0.5) is 0 Å². The van der Waals surface area contributed by atoms with E-state index in [1.165, 1.54) is 24.3 Å². The average molecular weight is 398 g/mol. The van der Waals surface area contributed by atoms with Crippen LogP contribution in [0.15, 0.2) is 60.7 Å². The number of rotatable bonds is 4. The van der Waals surface area contributed by atoms with Crippen LogP contribution < -0.4 is 0 Å². The van der Waals surface area contributed by atoms with Gasteiger partial charge in [0.25, 0.3) is 0 Å². The maximum absolute atomic E-state index is 11.1. The zero-order valence-electron chi connectivity index (χ0n) is 15.4. The molecule has 0 aliphatic carbocycles. The number of benzene rings is 3. The van der Waals surface area contributed by atoms with Gasteiger partial charge in [-0.3, -0.25) is 0 Å². The smallest absolute Gasteiger partial charge is 0.335 e. The summed E-state index contributed by atoms with van der Waals surface area (Å²) in [6.07, 6.45) is 0. The summed E-state index contributed by atoms with van der Waals surface area (Å²) in [5.41, 5.74) is 4.74. The first-order valence-electron chi connectivity index (χ1n) is 9.05. The molecule has 0 unspecified atom stereocenters. The molecule has 4 N–H and O–H groups in total. The molecule has 8 heteroatoms.